The second-order valence-corrected chi connectivity index (χ2v) is 9.02. The minimum Gasteiger partial charge on any atom is -0.369 e. The highest BCUT2D eigenvalue weighted by Gasteiger charge is 2.30. The predicted molar refractivity (Wildman–Crippen MR) is 119 cm³/mol. The van der Waals surface area contributed by atoms with Gasteiger partial charge in [0.15, 0.2) is 0 Å². The molecule has 1 aliphatic rings. The third-order valence-corrected chi connectivity index (χ3v) is 6.82. The monoisotopic (exact) mass is 424 g/mol. The fourth-order valence-corrected chi connectivity index (χ4v) is 4.99. The molecule has 0 amide bonds. The van der Waals surface area contributed by atoms with Crippen molar-refractivity contribution in [3.63, 3.8) is 0 Å². The van der Waals surface area contributed by atoms with E-state index >= 15 is 0 Å². The van der Waals surface area contributed by atoms with Gasteiger partial charge in [0.1, 0.15) is 5.82 Å². The predicted octanol–water partition coefficient (Wildman–Crippen LogP) is 5.77. The van der Waals surface area contributed by atoms with E-state index < -0.39 is 0 Å². The van der Waals surface area contributed by atoms with Crippen molar-refractivity contribution in [2.75, 3.05) is 6.54 Å². The van der Waals surface area contributed by atoms with Crippen molar-refractivity contribution in [3.05, 3.63) is 86.9 Å². The zero-order valence-corrected chi connectivity index (χ0v) is 17.7. The highest BCUT2D eigenvalue weighted by atomic mass is 32.1. The van der Waals surface area contributed by atoms with Crippen LogP contribution in [0.25, 0.3) is 10.4 Å². The maximum absolute atomic E-state index is 13.2. The van der Waals surface area contributed by atoms with Crippen molar-refractivity contribution in [1.29, 1.82) is 0 Å². The number of nitrogens with two attached hydrogens (primary N) is 1. The van der Waals surface area contributed by atoms with Gasteiger partial charge >= 0.3 is 0 Å². The summed E-state index contributed by atoms with van der Waals surface area (Å²) in [5.74, 6) is -0.225. The maximum Gasteiger partial charge on any atom is 0.123 e. The van der Waals surface area contributed by atoms with Gasteiger partial charge in [-0.15, -0.1) is 11.3 Å². The topological polar surface area (TPSA) is 64.7 Å². The first-order valence-corrected chi connectivity index (χ1v) is 11.0. The molecule has 2 heterocycles. The molecule has 0 bridgehead atoms. The Kier molecular flexibility index (Phi) is 6.37. The average molecular weight is 425 g/mol. The van der Waals surface area contributed by atoms with Crippen molar-refractivity contribution in [2.24, 2.45) is 10.9 Å². The lowest BCUT2D eigenvalue weighted by molar-refractivity contribution is -0.0531. The first-order chi connectivity index (χ1) is 14.6. The molecule has 0 aliphatic carbocycles. The summed E-state index contributed by atoms with van der Waals surface area (Å²) < 4.78 is 19.3. The van der Waals surface area contributed by atoms with Crippen LogP contribution in [-0.4, -0.2) is 18.7 Å². The van der Waals surface area contributed by atoms with Gasteiger partial charge in [0.05, 0.1) is 18.2 Å². The largest absolute Gasteiger partial charge is 0.369 e. The number of hydrogen-bond donors (Lipinski definition) is 1. The molecule has 2 aromatic carbocycles. The average Bonchev–Trinajstić information content (AvgIpc) is 3.24. The molecule has 1 saturated heterocycles. The van der Waals surface area contributed by atoms with Crippen molar-refractivity contribution < 1.29 is 9.13 Å². The first kappa shape index (κ1) is 20.8. The summed E-state index contributed by atoms with van der Waals surface area (Å²) in [6, 6.07) is 16.9. The molecule has 6 heteroatoms. The van der Waals surface area contributed by atoms with E-state index in [2.05, 4.69) is 42.4 Å². The summed E-state index contributed by atoms with van der Waals surface area (Å²) in [4.78, 5) is 13.5. The smallest absolute Gasteiger partial charge is 0.123 e. The molecule has 2 N–H and O–H groups in total. The molecule has 0 spiro atoms. The Morgan fingerprint density at radius 2 is 1.93 bits per heavy atom. The standard InChI is InChI=1S/C24H25FN2O2S/c1-15-2-3-17(23-13-20(27-28)12-21(14-26)29-23)10-18(15)11-22-8-9-24(30-22)16-4-6-19(25)7-5-16/h2-10,20-21,23H,11-14,26H2,1H3. The number of rotatable bonds is 6. The first-order valence-electron chi connectivity index (χ1n) is 10.2. The number of hydrogen-bond acceptors (Lipinski definition) is 5. The van der Waals surface area contributed by atoms with Crippen molar-refractivity contribution in [1.82, 2.24) is 0 Å². The summed E-state index contributed by atoms with van der Waals surface area (Å²) in [6.45, 7) is 2.50. The summed E-state index contributed by atoms with van der Waals surface area (Å²) in [7, 11) is 0. The second kappa shape index (κ2) is 9.16. The van der Waals surface area contributed by atoms with Gasteiger partial charge in [0.25, 0.3) is 0 Å². The van der Waals surface area contributed by atoms with E-state index in [0.717, 1.165) is 22.4 Å². The molecular weight excluding hydrogens is 399 g/mol. The molecular formula is C24H25FN2O2S. The molecule has 3 unspecified atom stereocenters. The van der Waals surface area contributed by atoms with Crippen LogP contribution in [0.5, 0.6) is 0 Å². The zero-order valence-electron chi connectivity index (χ0n) is 16.9. The van der Waals surface area contributed by atoms with Crippen LogP contribution in [0.2, 0.25) is 0 Å². The molecule has 3 aromatic rings. The number of benzene rings is 2. The van der Waals surface area contributed by atoms with Crippen LogP contribution in [-0.2, 0) is 11.2 Å². The van der Waals surface area contributed by atoms with E-state index in [0.29, 0.717) is 19.4 Å². The van der Waals surface area contributed by atoms with Crippen molar-refractivity contribution in [3.8, 4) is 10.4 Å². The summed E-state index contributed by atoms with van der Waals surface area (Å²) in [6.07, 6.45) is 1.71. The third kappa shape index (κ3) is 4.67. The molecule has 1 aromatic heterocycles. The van der Waals surface area contributed by atoms with E-state index in [4.69, 9.17) is 10.5 Å². The highest BCUT2D eigenvalue weighted by molar-refractivity contribution is 7.15. The van der Waals surface area contributed by atoms with E-state index in [-0.39, 0.29) is 24.1 Å². The van der Waals surface area contributed by atoms with Crippen LogP contribution >= 0.6 is 11.3 Å². The summed E-state index contributed by atoms with van der Waals surface area (Å²) in [5, 5.41) is 3.26. The molecule has 1 aliphatic heterocycles. The van der Waals surface area contributed by atoms with Crippen LogP contribution in [0.4, 0.5) is 4.39 Å². The Balaban J connectivity index is 1.54. The molecule has 156 valence electrons. The number of halogens is 1. The fraction of sp³-hybridized carbons (Fsp3) is 0.333. The number of aryl methyl sites for hydroxylation is 1. The van der Waals surface area contributed by atoms with Gasteiger partial charge in [-0.25, -0.2) is 4.39 Å². The molecule has 4 nitrogen and oxygen atoms in total. The Morgan fingerprint density at radius 1 is 1.13 bits per heavy atom. The molecule has 0 radical (unpaired) electrons. The maximum atomic E-state index is 13.2. The van der Waals surface area contributed by atoms with Gasteiger partial charge in [-0.3, -0.25) is 0 Å². The van der Waals surface area contributed by atoms with Gasteiger partial charge in [0.2, 0.25) is 0 Å². The fourth-order valence-electron chi connectivity index (χ4n) is 3.95. The number of thiophene rings is 1. The molecule has 0 saturated carbocycles. The Bertz CT molecular complexity index is 1020. The lowest BCUT2D eigenvalue weighted by Gasteiger charge is -2.32. The number of nitrogens with zero attached hydrogens (tertiary/aromatic N) is 1. The van der Waals surface area contributed by atoms with Crippen LogP contribution in [0.15, 0.2) is 59.8 Å². The Labute approximate surface area is 179 Å². The highest BCUT2D eigenvalue weighted by Crippen LogP contribution is 2.35. The lowest BCUT2D eigenvalue weighted by Crippen LogP contribution is -2.35. The number of ether oxygens (including phenoxy) is 1. The van der Waals surface area contributed by atoms with Gasteiger partial charge in [-0.05, 0) is 53.4 Å². The molecule has 1 fully saturated rings. The Hall–Kier alpha value is -2.41. The zero-order chi connectivity index (χ0) is 21.1. The minimum absolute atomic E-state index is 0.133. The normalized spacial score (nSPS) is 21.5. The van der Waals surface area contributed by atoms with Crippen LogP contribution in [0.3, 0.4) is 0 Å². The SMILES string of the molecule is Cc1ccc(C2CC(N=O)CC(CN)O2)cc1Cc1ccc(-c2ccc(F)cc2)s1. The number of nitroso groups, excluding NO2 is 1. The van der Waals surface area contributed by atoms with Crippen LogP contribution < -0.4 is 5.73 Å². The van der Waals surface area contributed by atoms with Gasteiger partial charge < -0.3 is 10.5 Å². The molecule has 3 atom stereocenters. The lowest BCUT2D eigenvalue weighted by atomic mass is 9.92. The minimum atomic E-state index is -0.252. The third-order valence-electron chi connectivity index (χ3n) is 5.69. The van der Waals surface area contributed by atoms with Crippen molar-refractivity contribution in [2.45, 2.75) is 44.4 Å². The quantitative estimate of drug-likeness (QED) is 0.511. The molecule has 4 rings (SSSR count). The second-order valence-electron chi connectivity index (χ2n) is 7.85. The van der Waals surface area contributed by atoms with Crippen molar-refractivity contribution >= 4 is 11.3 Å². The summed E-state index contributed by atoms with van der Waals surface area (Å²) >= 11 is 1.72. The van der Waals surface area contributed by atoms with Gasteiger partial charge in [-0.1, -0.05) is 35.5 Å². The van der Waals surface area contributed by atoms with E-state index in [1.807, 2.05) is 12.1 Å². The Morgan fingerprint density at radius 3 is 2.67 bits per heavy atom. The van der Waals surface area contributed by atoms with Crippen LogP contribution in [0, 0.1) is 17.6 Å². The van der Waals surface area contributed by atoms with E-state index in [1.165, 1.54) is 28.1 Å². The van der Waals surface area contributed by atoms with Crippen LogP contribution in [0.1, 0.15) is 40.5 Å². The van der Waals surface area contributed by atoms with Gasteiger partial charge in [-0.2, -0.15) is 4.91 Å². The molecule has 30 heavy (non-hydrogen) atoms. The van der Waals surface area contributed by atoms with Gasteiger partial charge in [0, 0.05) is 35.6 Å². The van der Waals surface area contributed by atoms with E-state index in [9.17, 15) is 9.30 Å². The van der Waals surface area contributed by atoms with E-state index in [1.54, 1.807) is 11.3 Å². The summed E-state index contributed by atoms with van der Waals surface area (Å²) in [5.41, 5.74) is 10.3.